The number of benzene rings is 3. The third-order valence-electron chi connectivity index (χ3n) is 6.45. The molecule has 206 valence electrons. The van der Waals surface area contributed by atoms with Gasteiger partial charge in [0.25, 0.3) is 15.9 Å². The fourth-order valence-electron chi connectivity index (χ4n) is 4.60. The van der Waals surface area contributed by atoms with E-state index in [9.17, 15) is 13.2 Å². The number of sulfonamides is 1. The lowest BCUT2D eigenvalue weighted by Gasteiger charge is -2.27. The third-order valence-corrected chi connectivity index (χ3v) is 8.27. The number of amides is 1. The van der Waals surface area contributed by atoms with Crippen molar-refractivity contribution in [1.82, 2.24) is 15.2 Å². The van der Waals surface area contributed by atoms with Gasteiger partial charge in [-0.25, -0.2) is 13.8 Å². The first-order valence-electron chi connectivity index (χ1n) is 12.2. The van der Waals surface area contributed by atoms with E-state index in [1.54, 1.807) is 36.4 Å². The van der Waals surface area contributed by atoms with Crippen molar-refractivity contribution >= 4 is 27.8 Å². The summed E-state index contributed by atoms with van der Waals surface area (Å²) in [7, 11) is 2.21. The van der Waals surface area contributed by atoms with E-state index in [2.05, 4.69) is 10.5 Å². The fraction of sp³-hybridized carbons (Fsp3) is 0.179. The van der Waals surface area contributed by atoms with Crippen molar-refractivity contribution in [3.05, 3.63) is 72.3 Å². The Morgan fingerprint density at radius 3 is 2.27 bits per heavy atom. The minimum Gasteiger partial charge on any atom is -0.493 e. The number of rotatable bonds is 8. The Bertz CT molecular complexity index is 1690. The van der Waals surface area contributed by atoms with Gasteiger partial charge in [-0.2, -0.15) is 10.2 Å². The van der Waals surface area contributed by atoms with Gasteiger partial charge in [-0.1, -0.05) is 48.5 Å². The normalized spacial score (nSPS) is 13.4. The number of nitrogens with one attached hydrogen (secondary N) is 1. The molecule has 5 rings (SSSR count). The zero-order valence-electron chi connectivity index (χ0n) is 22.3. The lowest BCUT2D eigenvalue weighted by molar-refractivity contribution is -0.121. The Hall–Kier alpha value is -4.84. The van der Waals surface area contributed by atoms with Gasteiger partial charge >= 0.3 is 0 Å². The van der Waals surface area contributed by atoms with Crippen LogP contribution < -0.4 is 23.9 Å². The maximum Gasteiger partial charge on any atom is 0.264 e. The number of fused-ring (bicyclic) bond motifs is 3. The van der Waals surface area contributed by atoms with Gasteiger partial charge in [-0.15, -0.1) is 0 Å². The van der Waals surface area contributed by atoms with Crippen molar-refractivity contribution in [2.75, 3.05) is 32.7 Å². The Morgan fingerprint density at radius 1 is 0.975 bits per heavy atom. The first-order chi connectivity index (χ1) is 19.3. The Labute approximate surface area is 231 Å². The van der Waals surface area contributed by atoms with E-state index in [0.717, 1.165) is 5.56 Å². The zero-order chi connectivity index (χ0) is 28.4. The molecule has 1 aliphatic rings. The van der Waals surface area contributed by atoms with Crippen LogP contribution in [-0.4, -0.2) is 58.7 Å². The highest BCUT2D eigenvalue weighted by Gasteiger charge is 2.38. The van der Waals surface area contributed by atoms with Crippen LogP contribution in [0.5, 0.6) is 17.2 Å². The second-order valence-corrected chi connectivity index (χ2v) is 10.7. The number of hydrazone groups is 1. The van der Waals surface area contributed by atoms with Gasteiger partial charge in [0.05, 0.1) is 38.1 Å². The minimum atomic E-state index is -3.81. The summed E-state index contributed by atoms with van der Waals surface area (Å²) in [6.07, 6.45) is 1.45. The predicted octanol–water partition coefficient (Wildman–Crippen LogP) is 3.53. The zero-order valence-corrected chi connectivity index (χ0v) is 23.1. The number of nitrogens with zero attached hydrogens (tertiary/aromatic N) is 4. The van der Waals surface area contributed by atoms with Crippen LogP contribution >= 0.6 is 0 Å². The van der Waals surface area contributed by atoms with Gasteiger partial charge in [-0.3, -0.25) is 13.8 Å². The molecule has 0 unspecified atom stereocenters. The molecular formula is C28H27N5O6S. The van der Waals surface area contributed by atoms with Crippen LogP contribution in [0, 0.1) is 0 Å². The number of anilines is 1. The molecule has 0 aliphatic carbocycles. The lowest BCUT2D eigenvalue weighted by atomic mass is 10.1. The van der Waals surface area contributed by atoms with E-state index < -0.39 is 15.9 Å². The van der Waals surface area contributed by atoms with Crippen LogP contribution in [0.2, 0.25) is 0 Å². The number of hydrogen-bond donors (Lipinski definition) is 1. The summed E-state index contributed by atoms with van der Waals surface area (Å²) in [5.74, 6) is 0.881. The first kappa shape index (κ1) is 26.8. The second-order valence-electron chi connectivity index (χ2n) is 8.79. The summed E-state index contributed by atoms with van der Waals surface area (Å²) in [4.78, 5) is 13.2. The summed E-state index contributed by atoms with van der Waals surface area (Å²) in [6, 6.07) is 19.3. The van der Waals surface area contributed by atoms with Crippen molar-refractivity contribution < 1.29 is 27.4 Å². The standard InChI is InChI=1S/C28H27N5O6S/c1-32-27-25(19-10-6-5-7-11-19)31-33(26(27)20-12-8-9-13-23(20)40(32,35)36)17-24(34)30-29-16-18-14-21(37-2)28(39-4)22(15-18)38-3/h5-16H,17H2,1-4H3,(H,30,34)/b29-16+. The van der Waals surface area contributed by atoms with Crippen LogP contribution in [0.1, 0.15) is 5.56 Å². The SMILES string of the molecule is COc1cc(/C=N/NC(=O)Cn2nc(-c3ccccc3)c3c2-c2ccccc2S(=O)(=O)N3C)cc(OC)c1OC. The van der Waals surface area contributed by atoms with Crippen molar-refractivity contribution in [3.63, 3.8) is 0 Å². The summed E-state index contributed by atoms with van der Waals surface area (Å²) < 4.78 is 45.5. The molecule has 0 atom stereocenters. The Morgan fingerprint density at radius 2 is 1.62 bits per heavy atom. The number of carbonyl (C=O) groups excluding carboxylic acids is 1. The molecule has 1 aromatic heterocycles. The molecule has 0 saturated carbocycles. The van der Waals surface area contributed by atoms with Crippen LogP contribution in [-0.2, 0) is 21.4 Å². The van der Waals surface area contributed by atoms with E-state index in [4.69, 9.17) is 19.3 Å². The van der Waals surface area contributed by atoms with Crippen LogP contribution in [0.25, 0.3) is 22.5 Å². The van der Waals surface area contributed by atoms with Crippen molar-refractivity contribution in [3.8, 4) is 39.8 Å². The predicted molar refractivity (Wildman–Crippen MR) is 151 cm³/mol. The van der Waals surface area contributed by atoms with E-state index in [1.165, 1.54) is 43.6 Å². The first-order valence-corrected chi connectivity index (χ1v) is 13.6. The quantitative estimate of drug-likeness (QED) is 0.258. The molecule has 4 aromatic rings. The molecule has 1 N–H and O–H groups in total. The number of carbonyl (C=O) groups is 1. The number of ether oxygens (including phenoxy) is 3. The molecule has 11 nitrogen and oxygen atoms in total. The highest BCUT2D eigenvalue weighted by Crippen LogP contribution is 2.47. The van der Waals surface area contributed by atoms with E-state index in [-0.39, 0.29) is 11.4 Å². The summed E-state index contributed by atoms with van der Waals surface area (Å²) in [6.45, 7) is -0.204. The van der Waals surface area contributed by atoms with Gasteiger partial charge < -0.3 is 14.2 Å². The van der Waals surface area contributed by atoms with Crippen molar-refractivity contribution in [1.29, 1.82) is 0 Å². The van der Waals surface area contributed by atoms with Crippen LogP contribution in [0.4, 0.5) is 5.69 Å². The molecule has 0 bridgehead atoms. The molecule has 0 radical (unpaired) electrons. The molecule has 0 fully saturated rings. The van der Waals surface area contributed by atoms with Gasteiger partial charge in [0.1, 0.15) is 17.9 Å². The molecular weight excluding hydrogens is 534 g/mol. The monoisotopic (exact) mass is 561 g/mol. The highest BCUT2D eigenvalue weighted by molar-refractivity contribution is 7.93. The van der Waals surface area contributed by atoms with E-state index >= 15 is 0 Å². The molecule has 40 heavy (non-hydrogen) atoms. The Balaban J connectivity index is 1.49. The molecule has 12 heteroatoms. The van der Waals surface area contributed by atoms with E-state index in [0.29, 0.717) is 45.5 Å². The molecule has 1 aliphatic heterocycles. The molecule has 2 heterocycles. The van der Waals surface area contributed by atoms with Gasteiger partial charge in [0, 0.05) is 23.7 Å². The lowest BCUT2D eigenvalue weighted by Crippen LogP contribution is -2.31. The molecule has 0 spiro atoms. The molecule has 3 aromatic carbocycles. The van der Waals surface area contributed by atoms with E-state index in [1.807, 2.05) is 30.3 Å². The average Bonchev–Trinajstić information content (AvgIpc) is 3.34. The van der Waals surface area contributed by atoms with Gasteiger partial charge in [0.15, 0.2) is 11.5 Å². The maximum absolute atomic E-state index is 13.4. The largest absolute Gasteiger partial charge is 0.493 e. The van der Waals surface area contributed by atoms with Crippen molar-refractivity contribution in [2.45, 2.75) is 11.4 Å². The van der Waals surface area contributed by atoms with Crippen LogP contribution in [0.15, 0.2) is 76.7 Å². The average molecular weight is 562 g/mol. The number of aromatic nitrogens is 2. The second kappa shape index (κ2) is 10.7. The minimum absolute atomic E-state index is 0.145. The van der Waals surface area contributed by atoms with Crippen LogP contribution in [0.3, 0.4) is 0 Å². The van der Waals surface area contributed by atoms with Gasteiger partial charge in [-0.05, 0) is 18.2 Å². The summed E-state index contributed by atoms with van der Waals surface area (Å²) >= 11 is 0. The third kappa shape index (κ3) is 4.62. The van der Waals surface area contributed by atoms with Crippen molar-refractivity contribution in [2.24, 2.45) is 5.10 Å². The Kier molecular flexibility index (Phi) is 7.18. The molecule has 1 amide bonds. The maximum atomic E-state index is 13.4. The van der Waals surface area contributed by atoms with Gasteiger partial charge in [0.2, 0.25) is 5.75 Å². The topological polar surface area (TPSA) is 124 Å². The summed E-state index contributed by atoms with van der Waals surface area (Å²) in [5.41, 5.74) is 5.69. The number of hydrogen-bond acceptors (Lipinski definition) is 8. The number of methoxy groups -OCH3 is 3. The smallest absolute Gasteiger partial charge is 0.264 e. The molecule has 0 saturated heterocycles. The fourth-order valence-corrected chi connectivity index (χ4v) is 6.00. The summed E-state index contributed by atoms with van der Waals surface area (Å²) in [5, 5.41) is 8.78. The highest BCUT2D eigenvalue weighted by atomic mass is 32.2.